The first-order valence-electron chi connectivity index (χ1n) is 7.51. The van der Waals surface area contributed by atoms with E-state index < -0.39 is 21.1 Å². The number of benzene rings is 1. The van der Waals surface area contributed by atoms with Crippen LogP contribution in [0.4, 0.5) is 4.39 Å². The maximum absolute atomic E-state index is 13.6. The Hall–Kier alpha value is -2.08. The molecule has 2 heterocycles. The molecule has 0 bridgehead atoms. The van der Waals surface area contributed by atoms with Gasteiger partial charge in [0, 0.05) is 11.9 Å². The normalized spacial score (nSPS) is 25.7. The minimum Gasteiger partial charge on any atom is -0.369 e. The highest BCUT2D eigenvalue weighted by Gasteiger charge is 2.39. The smallest absolute Gasteiger partial charge is 0.203 e. The second-order valence-electron chi connectivity index (χ2n) is 6.25. The molecule has 1 aliphatic rings. The molecule has 0 radical (unpaired) electrons. The van der Waals surface area contributed by atoms with Crippen molar-refractivity contribution in [2.24, 2.45) is 10.7 Å². The second-order valence-corrected chi connectivity index (χ2v) is 10.1. The third kappa shape index (κ3) is 3.07. The van der Waals surface area contributed by atoms with Crippen LogP contribution in [0.2, 0.25) is 5.02 Å². The molecule has 5 nitrogen and oxygen atoms in total. The summed E-state index contributed by atoms with van der Waals surface area (Å²) < 4.78 is 27.7. The van der Waals surface area contributed by atoms with Gasteiger partial charge in [-0.15, -0.1) is 11.3 Å². The van der Waals surface area contributed by atoms with E-state index >= 15 is 0 Å². The van der Waals surface area contributed by atoms with Crippen LogP contribution in [0.15, 0.2) is 29.3 Å². The number of aliphatic imine (C=N–C) groups is 1. The lowest BCUT2D eigenvalue weighted by Gasteiger charge is -2.36. The number of nitrogens with zero attached hydrogens (tertiary/aromatic N) is 3. The third-order valence-corrected chi connectivity index (χ3v) is 8.28. The van der Waals surface area contributed by atoms with Gasteiger partial charge in [-0.2, -0.15) is 5.26 Å². The number of nitrogens with two attached hydrogens (primary N) is 1. The molecule has 1 aromatic heterocycles. The van der Waals surface area contributed by atoms with Crippen molar-refractivity contribution >= 4 is 44.5 Å². The molecule has 136 valence electrons. The van der Waals surface area contributed by atoms with Crippen LogP contribution in [0.1, 0.15) is 17.4 Å². The fourth-order valence-electron chi connectivity index (χ4n) is 2.82. The van der Waals surface area contributed by atoms with Crippen molar-refractivity contribution in [3.63, 3.8) is 0 Å². The van der Waals surface area contributed by atoms with E-state index in [1.807, 2.05) is 13.0 Å². The molecule has 1 aliphatic heterocycles. The average Bonchev–Trinajstić information content (AvgIpc) is 2.95. The van der Waals surface area contributed by atoms with Gasteiger partial charge in [0.2, 0.25) is 5.96 Å². The number of halogens is 2. The number of guanidine groups is 1. The molecule has 0 aliphatic carbocycles. The Morgan fingerprint density at radius 2 is 2.23 bits per heavy atom. The zero-order valence-electron chi connectivity index (χ0n) is 14.1. The van der Waals surface area contributed by atoms with E-state index in [1.54, 1.807) is 19.2 Å². The van der Waals surface area contributed by atoms with Gasteiger partial charge in [0.15, 0.2) is 0 Å². The standard InChI is InChI=1S/C17H16ClFN4OS2/c1-17(9-26(3,24)23(2)16(21)22-17)15-12(18)7-14(25-15)10-4-5-13(19)11(6-10)8-20/h4-7H,3,9H2,1-2H3,(H2,21,22)/t17-,26?/m0/s1. The number of nitriles is 1. The van der Waals surface area contributed by atoms with Crippen molar-refractivity contribution in [2.75, 3.05) is 12.8 Å². The van der Waals surface area contributed by atoms with Crippen LogP contribution in [0.3, 0.4) is 0 Å². The van der Waals surface area contributed by atoms with E-state index in [-0.39, 0.29) is 17.3 Å². The van der Waals surface area contributed by atoms with Gasteiger partial charge in [-0.3, -0.25) is 4.31 Å². The molecule has 0 spiro atoms. The van der Waals surface area contributed by atoms with Gasteiger partial charge in [0.1, 0.15) is 17.4 Å². The molecule has 2 N–H and O–H groups in total. The Morgan fingerprint density at radius 3 is 2.85 bits per heavy atom. The predicted octanol–water partition coefficient (Wildman–Crippen LogP) is 3.19. The van der Waals surface area contributed by atoms with E-state index in [4.69, 9.17) is 22.6 Å². The predicted molar refractivity (Wildman–Crippen MR) is 106 cm³/mol. The molecule has 0 saturated heterocycles. The quantitative estimate of drug-likeness (QED) is 0.772. The molecule has 9 heteroatoms. The molecule has 1 aromatic carbocycles. The van der Waals surface area contributed by atoms with Crippen LogP contribution in [0.25, 0.3) is 10.4 Å². The number of hydrogen-bond donors (Lipinski definition) is 1. The largest absolute Gasteiger partial charge is 0.369 e. The van der Waals surface area contributed by atoms with Gasteiger partial charge in [-0.25, -0.2) is 13.6 Å². The summed E-state index contributed by atoms with van der Waals surface area (Å²) in [6.07, 6.45) is 0. The summed E-state index contributed by atoms with van der Waals surface area (Å²) in [5, 5.41) is 9.47. The fourth-order valence-corrected chi connectivity index (χ4v) is 6.20. The first-order chi connectivity index (χ1) is 12.1. The van der Waals surface area contributed by atoms with Crippen LogP contribution < -0.4 is 5.73 Å². The number of rotatable bonds is 2. The molecule has 1 unspecified atom stereocenters. The summed E-state index contributed by atoms with van der Waals surface area (Å²) >= 11 is 7.78. The van der Waals surface area contributed by atoms with Crippen molar-refractivity contribution in [1.82, 2.24) is 4.31 Å². The van der Waals surface area contributed by atoms with Gasteiger partial charge in [-0.05, 0) is 36.6 Å². The van der Waals surface area contributed by atoms with Crippen molar-refractivity contribution < 1.29 is 8.60 Å². The summed E-state index contributed by atoms with van der Waals surface area (Å²) in [6, 6.07) is 7.86. The van der Waals surface area contributed by atoms with E-state index in [0.29, 0.717) is 15.5 Å². The lowest BCUT2D eigenvalue weighted by Crippen LogP contribution is -2.50. The highest BCUT2D eigenvalue weighted by Crippen LogP contribution is 2.44. The molecule has 3 rings (SSSR count). The summed E-state index contributed by atoms with van der Waals surface area (Å²) in [6.45, 7) is 1.81. The van der Waals surface area contributed by atoms with E-state index in [1.165, 1.54) is 27.8 Å². The Kier molecular flexibility index (Phi) is 4.51. The first-order valence-corrected chi connectivity index (χ1v) is 10.6. The first kappa shape index (κ1) is 18.7. The van der Waals surface area contributed by atoms with Crippen LogP contribution >= 0.6 is 22.9 Å². The zero-order chi connectivity index (χ0) is 19.3. The minimum absolute atomic E-state index is 0.0397. The van der Waals surface area contributed by atoms with Gasteiger partial charge in [0.25, 0.3) is 0 Å². The van der Waals surface area contributed by atoms with Crippen LogP contribution in [0.5, 0.6) is 0 Å². The molecular weight excluding hydrogens is 395 g/mol. The Balaban J connectivity index is 2.11. The summed E-state index contributed by atoms with van der Waals surface area (Å²) in [7, 11) is -1.03. The average molecular weight is 411 g/mol. The monoisotopic (exact) mass is 410 g/mol. The number of hydrogen-bond acceptors (Lipinski definition) is 5. The summed E-state index contributed by atoms with van der Waals surface area (Å²) in [4.78, 5) is 5.95. The van der Waals surface area contributed by atoms with Gasteiger partial charge in [0.05, 0.1) is 30.9 Å². The molecule has 2 aromatic rings. The summed E-state index contributed by atoms with van der Waals surface area (Å²) in [5.41, 5.74) is 5.68. The van der Waals surface area contributed by atoms with Crippen molar-refractivity contribution in [2.45, 2.75) is 12.5 Å². The zero-order valence-corrected chi connectivity index (χ0v) is 16.5. The molecule has 0 fully saturated rings. The lowest BCUT2D eigenvalue weighted by molar-refractivity contribution is 0.522. The molecule has 26 heavy (non-hydrogen) atoms. The topological polar surface area (TPSA) is 82.5 Å². The van der Waals surface area contributed by atoms with Crippen LogP contribution in [-0.2, 0) is 15.2 Å². The van der Waals surface area contributed by atoms with Crippen LogP contribution in [0, 0.1) is 17.1 Å². The Morgan fingerprint density at radius 1 is 1.54 bits per heavy atom. The van der Waals surface area contributed by atoms with E-state index in [2.05, 4.69) is 10.9 Å². The van der Waals surface area contributed by atoms with Gasteiger partial charge < -0.3 is 5.73 Å². The fraction of sp³-hybridized carbons (Fsp3) is 0.235. The van der Waals surface area contributed by atoms with Gasteiger partial charge >= 0.3 is 0 Å². The van der Waals surface area contributed by atoms with E-state index in [0.717, 1.165) is 4.88 Å². The SMILES string of the molecule is C=S1(=O)C[C@@](C)(c2sc(-c3ccc(F)c(C#N)c3)cc2Cl)N=C(N)N1C. The van der Waals surface area contributed by atoms with Gasteiger partial charge in [-0.1, -0.05) is 17.7 Å². The van der Waals surface area contributed by atoms with Crippen molar-refractivity contribution in [1.29, 1.82) is 5.26 Å². The second kappa shape index (κ2) is 6.27. The molecular formula is C17H16ClFN4OS2. The number of thiophene rings is 1. The van der Waals surface area contributed by atoms with Crippen molar-refractivity contribution in [3.8, 4) is 16.5 Å². The van der Waals surface area contributed by atoms with Crippen LogP contribution in [-0.4, -0.2) is 33.1 Å². The maximum atomic E-state index is 13.6. The maximum Gasteiger partial charge on any atom is 0.203 e. The highest BCUT2D eigenvalue weighted by molar-refractivity contribution is 7.98. The minimum atomic E-state index is -2.62. The Labute approximate surface area is 160 Å². The highest BCUT2D eigenvalue weighted by atomic mass is 35.5. The van der Waals surface area contributed by atoms with Crippen molar-refractivity contribution in [3.05, 3.63) is 45.5 Å². The molecule has 0 saturated carbocycles. The lowest BCUT2D eigenvalue weighted by atomic mass is 10.0. The summed E-state index contributed by atoms with van der Waals surface area (Å²) in [5.74, 6) is 3.52. The third-order valence-electron chi connectivity index (χ3n) is 4.24. The molecule has 2 atom stereocenters. The van der Waals surface area contributed by atoms with E-state index in [9.17, 15) is 8.60 Å². The molecule has 0 amide bonds. The Bertz CT molecular complexity index is 1070.